The van der Waals surface area contributed by atoms with E-state index in [4.69, 9.17) is 15.2 Å². The lowest BCUT2D eigenvalue weighted by Gasteiger charge is -2.48. The summed E-state index contributed by atoms with van der Waals surface area (Å²) < 4.78 is 12.1. The predicted molar refractivity (Wildman–Crippen MR) is 204 cm³/mol. The lowest BCUT2D eigenvalue weighted by Crippen LogP contribution is -2.61. The number of methoxy groups -OCH3 is 2. The van der Waals surface area contributed by atoms with Crippen molar-refractivity contribution >= 4 is 23.6 Å². The zero-order valence-electron chi connectivity index (χ0n) is 33.8. The van der Waals surface area contributed by atoms with Crippen LogP contribution in [0.2, 0.25) is 0 Å². The van der Waals surface area contributed by atoms with E-state index in [0.29, 0.717) is 18.5 Å². The number of nitrogens with zero attached hydrogens (tertiary/aromatic N) is 3. The second kappa shape index (κ2) is 18.0. The number of likely N-dealkylation sites (N-methyl/N-ethyl adjacent to an activating group) is 2. The van der Waals surface area contributed by atoms with Gasteiger partial charge in [-0.3, -0.25) is 24.1 Å². The Morgan fingerprint density at radius 3 is 2.26 bits per heavy atom. The smallest absolute Gasteiger partial charge is 0.235 e. The maximum Gasteiger partial charge on any atom is 0.235 e. The minimum Gasteiger partial charge on any atom is -0.386 e. The number of carbonyl (C=O) groups is 4. The van der Waals surface area contributed by atoms with Gasteiger partial charge in [-0.1, -0.05) is 71.4 Å². The van der Waals surface area contributed by atoms with Crippen LogP contribution in [0.1, 0.15) is 98.2 Å². The average molecular weight is 742 g/mol. The van der Waals surface area contributed by atoms with Crippen molar-refractivity contribution < 1.29 is 33.8 Å². The maximum atomic E-state index is 14.8. The molecule has 1 aromatic carbocycles. The van der Waals surface area contributed by atoms with Crippen molar-refractivity contribution in [1.29, 1.82) is 0 Å². The number of nitrogens with two attached hydrogens (primary N) is 1. The van der Waals surface area contributed by atoms with Crippen LogP contribution in [0.15, 0.2) is 30.3 Å². The van der Waals surface area contributed by atoms with Crippen LogP contribution in [0.4, 0.5) is 0 Å². The molecule has 12 nitrogen and oxygen atoms in total. The quantitative estimate of drug-likeness (QED) is 0.206. The molecule has 1 aromatic rings. The second-order valence-electron chi connectivity index (χ2n) is 16.5. The van der Waals surface area contributed by atoms with Crippen LogP contribution < -0.4 is 11.1 Å². The van der Waals surface area contributed by atoms with Gasteiger partial charge in [-0.15, -0.1) is 0 Å². The maximum absolute atomic E-state index is 14.8. The van der Waals surface area contributed by atoms with E-state index in [0.717, 1.165) is 32.1 Å². The molecule has 4 amide bonds. The molecule has 1 saturated carbocycles. The number of benzene rings is 1. The van der Waals surface area contributed by atoms with Gasteiger partial charge in [-0.05, 0) is 69.4 Å². The number of aliphatic hydroxyl groups excluding tert-OH is 1. The molecule has 298 valence electrons. The van der Waals surface area contributed by atoms with E-state index in [-0.39, 0.29) is 71.8 Å². The summed E-state index contributed by atoms with van der Waals surface area (Å²) in [6, 6.07) is 7.61. The summed E-state index contributed by atoms with van der Waals surface area (Å²) in [4.78, 5) is 60.8. The molecule has 2 saturated heterocycles. The summed E-state index contributed by atoms with van der Waals surface area (Å²) in [7, 11) is 6.95. The summed E-state index contributed by atoms with van der Waals surface area (Å²) in [6.45, 7) is 12.4. The van der Waals surface area contributed by atoms with Crippen molar-refractivity contribution in [2.45, 2.75) is 135 Å². The molecule has 4 N–H and O–H groups in total. The first-order valence-corrected chi connectivity index (χ1v) is 19.7. The van der Waals surface area contributed by atoms with Gasteiger partial charge in [0.15, 0.2) is 0 Å². The SMILES string of the molecule is CC[C@H](C)[C@@H]([C@@H](CC(=O)N1CCC[C@H]1[C@H](OC)[C@@H](C)C(=O)N[C@H](C)[C@@H](O)c1ccccc1)OC)N(C)C(=O)[C@@H](C(C)C)C12CCC(C1)C(C(N)=O)N2C. The molecule has 3 fully saturated rings. The van der Waals surface area contributed by atoms with Crippen LogP contribution in [-0.4, -0.2) is 120 Å². The molecule has 4 rings (SSSR count). The van der Waals surface area contributed by atoms with E-state index in [1.807, 2.05) is 54.2 Å². The van der Waals surface area contributed by atoms with Gasteiger partial charge >= 0.3 is 0 Å². The highest BCUT2D eigenvalue weighted by atomic mass is 16.5. The van der Waals surface area contributed by atoms with Gasteiger partial charge < -0.3 is 35.4 Å². The van der Waals surface area contributed by atoms with Gasteiger partial charge in [0.05, 0.1) is 60.7 Å². The van der Waals surface area contributed by atoms with Gasteiger partial charge in [-0.2, -0.15) is 0 Å². The van der Waals surface area contributed by atoms with Crippen molar-refractivity contribution in [2.75, 3.05) is 34.9 Å². The first-order chi connectivity index (χ1) is 25.1. The molecular formula is C41H67N5O7. The van der Waals surface area contributed by atoms with E-state index in [1.165, 1.54) is 0 Å². The van der Waals surface area contributed by atoms with Crippen LogP contribution in [0.3, 0.4) is 0 Å². The Morgan fingerprint density at radius 2 is 1.72 bits per heavy atom. The lowest BCUT2D eigenvalue weighted by atomic mass is 9.74. The number of aliphatic hydroxyl groups is 1. The number of primary amides is 1. The monoisotopic (exact) mass is 742 g/mol. The van der Waals surface area contributed by atoms with Crippen LogP contribution >= 0.6 is 0 Å². The van der Waals surface area contributed by atoms with E-state index in [1.54, 1.807) is 28.1 Å². The molecule has 2 heterocycles. The van der Waals surface area contributed by atoms with E-state index >= 15 is 0 Å². The molecule has 12 atom stereocenters. The first kappa shape index (κ1) is 42.7. The molecule has 53 heavy (non-hydrogen) atoms. The Labute approximate surface area is 317 Å². The summed E-state index contributed by atoms with van der Waals surface area (Å²) in [5.41, 5.74) is 6.12. The van der Waals surface area contributed by atoms with Crippen molar-refractivity contribution in [2.24, 2.45) is 35.3 Å². The summed E-state index contributed by atoms with van der Waals surface area (Å²) >= 11 is 0. The third-order valence-electron chi connectivity index (χ3n) is 13.2. The number of amides is 4. The number of nitrogens with one attached hydrogen (secondary N) is 1. The van der Waals surface area contributed by atoms with Crippen molar-refractivity contribution in [1.82, 2.24) is 20.0 Å². The number of fused-ring (bicyclic) bond motifs is 2. The largest absolute Gasteiger partial charge is 0.386 e. The molecule has 12 heteroatoms. The zero-order valence-corrected chi connectivity index (χ0v) is 33.8. The summed E-state index contributed by atoms with van der Waals surface area (Å²) in [5, 5.41) is 13.8. The minimum absolute atomic E-state index is 0.00219. The minimum atomic E-state index is -0.871. The van der Waals surface area contributed by atoms with Crippen LogP contribution in [0.5, 0.6) is 0 Å². The van der Waals surface area contributed by atoms with Crippen molar-refractivity contribution in [3.05, 3.63) is 35.9 Å². The van der Waals surface area contributed by atoms with Gasteiger partial charge in [-0.25, -0.2) is 0 Å². The molecule has 3 unspecified atom stereocenters. The number of carbonyl (C=O) groups excluding carboxylic acids is 4. The highest BCUT2D eigenvalue weighted by Crippen LogP contribution is 2.55. The zero-order chi connectivity index (χ0) is 39.4. The number of ether oxygens (including phenoxy) is 2. The number of hydrogen-bond acceptors (Lipinski definition) is 8. The number of rotatable bonds is 18. The van der Waals surface area contributed by atoms with Gasteiger partial charge in [0.25, 0.3) is 0 Å². The summed E-state index contributed by atoms with van der Waals surface area (Å²) in [6.07, 6.45) is 2.77. The fourth-order valence-corrected chi connectivity index (χ4v) is 10.2. The molecular weight excluding hydrogens is 674 g/mol. The van der Waals surface area contributed by atoms with Crippen molar-refractivity contribution in [3.63, 3.8) is 0 Å². The molecule has 3 aliphatic rings. The Morgan fingerprint density at radius 1 is 1.06 bits per heavy atom. The van der Waals surface area contributed by atoms with Crippen LogP contribution in [-0.2, 0) is 28.7 Å². The van der Waals surface area contributed by atoms with E-state index in [9.17, 15) is 24.3 Å². The Balaban J connectivity index is 1.50. The number of piperidine rings is 1. The van der Waals surface area contributed by atoms with Gasteiger partial charge in [0.1, 0.15) is 0 Å². The highest BCUT2D eigenvalue weighted by Gasteiger charge is 2.62. The van der Waals surface area contributed by atoms with Crippen LogP contribution in [0, 0.1) is 29.6 Å². The molecule has 1 aliphatic carbocycles. The molecule has 2 bridgehead atoms. The fourth-order valence-electron chi connectivity index (χ4n) is 10.2. The number of hydrogen-bond donors (Lipinski definition) is 3. The Hall–Kier alpha value is -3.06. The first-order valence-electron chi connectivity index (χ1n) is 19.7. The molecule has 0 radical (unpaired) electrons. The fraction of sp³-hybridized carbons (Fsp3) is 0.756. The molecule has 0 spiro atoms. The predicted octanol–water partition coefficient (Wildman–Crippen LogP) is 3.76. The third kappa shape index (κ3) is 8.61. The van der Waals surface area contributed by atoms with Gasteiger partial charge in [0, 0.05) is 33.4 Å². The lowest BCUT2D eigenvalue weighted by molar-refractivity contribution is -0.153. The third-order valence-corrected chi connectivity index (χ3v) is 13.2. The standard InChI is InChI=1S/C41H67N5O7/c1-11-25(4)34(44(7)40(51)33(24(2)3)41-20-19-29(23-41)35(38(42)49)45(41)8)31(52-9)22-32(47)46-21-15-18-30(46)37(53-10)26(5)39(50)43-27(6)36(48)28-16-13-12-14-17-28/h12-14,16-17,24-27,29-31,33-37,48H,11,15,18-23H2,1-10H3,(H2,42,49)(H,43,50)/t25-,26+,27+,29?,30-,31+,33+,34-,35?,36+,37+,41?/m0/s1. The Bertz CT molecular complexity index is 1410. The topological polar surface area (TPSA) is 155 Å². The Kier molecular flexibility index (Phi) is 14.5. The van der Waals surface area contributed by atoms with Crippen molar-refractivity contribution in [3.8, 4) is 0 Å². The summed E-state index contributed by atoms with van der Waals surface area (Å²) in [5.74, 6) is -1.46. The van der Waals surface area contributed by atoms with E-state index in [2.05, 4.69) is 37.9 Å². The number of likely N-dealkylation sites (tertiary alicyclic amines) is 2. The molecule has 0 aromatic heterocycles. The van der Waals surface area contributed by atoms with E-state index < -0.39 is 35.8 Å². The van der Waals surface area contributed by atoms with Gasteiger partial charge in [0.2, 0.25) is 23.6 Å². The normalized spacial score (nSPS) is 27.5. The second-order valence-corrected chi connectivity index (χ2v) is 16.5. The highest BCUT2D eigenvalue weighted by molar-refractivity contribution is 5.84. The average Bonchev–Trinajstić information content (AvgIpc) is 3.86. The molecule has 2 aliphatic heterocycles. The van der Waals surface area contributed by atoms with Crippen LogP contribution in [0.25, 0.3) is 0 Å².